The fourth-order valence-electron chi connectivity index (χ4n) is 1.84. The second-order valence-corrected chi connectivity index (χ2v) is 6.28. The van der Waals surface area contributed by atoms with E-state index in [9.17, 15) is 0 Å². The molecule has 4 heteroatoms. The van der Waals surface area contributed by atoms with Crippen molar-refractivity contribution in [3.8, 4) is 0 Å². The Kier molecular flexibility index (Phi) is 22.5. The van der Waals surface area contributed by atoms with Crippen molar-refractivity contribution in [3.63, 3.8) is 0 Å². The van der Waals surface area contributed by atoms with E-state index in [1.165, 1.54) is 11.1 Å². The van der Waals surface area contributed by atoms with Gasteiger partial charge in [0.05, 0.1) is 0 Å². The van der Waals surface area contributed by atoms with Gasteiger partial charge in [0.2, 0.25) is 0 Å². The third-order valence-electron chi connectivity index (χ3n) is 3.07. The summed E-state index contributed by atoms with van der Waals surface area (Å²) in [6, 6.07) is 36.6. The number of thioether (sulfide) groups is 1. The molecule has 0 radical (unpaired) electrons. The van der Waals surface area contributed by atoms with E-state index in [1.807, 2.05) is 84.6 Å². The smallest absolute Gasteiger partial charge is 0.214 e. The van der Waals surface area contributed by atoms with E-state index in [4.69, 9.17) is 0 Å². The molecule has 0 N–H and O–H groups in total. The molecule has 0 saturated heterocycles. The fraction of sp³-hybridized carbons (Fsp3) is 0.130. The molecular formula is C23H26Fe2S2. The van der Waals surface area contributed by atoms with Crippen LogP contribution >= 0.6 is 24.4 Å². The van der Waals surface area contributed by atoms with Crippen LogP contribution in [0.1, 0.15) is 11.1 Å². The first-order chi connectivity index (χ1) is 12.4. The topological polar surface area (TPSA) is 0 Å². The van der Waals surface area contributed by atoms with Crippen LogP contribution in [0.3, 0.4) is 0 Å². The molecule has 0 aliphatic rings. The van der Waals surface area contributed by atoms with Crippen molar-refractivity contribution in [2.45, 2.75) is 11.5 Å². The molecule has 0 unspecified atom stereocenters. The van der Waals surface area contributed by atoms with Crippen molar-refractivity contribution in [2.75, 3.05) is 6.26 Å². The quantitative estimate of drug-likeness (QED) is 0.190. The van der Waals surface area contributed by atoms with Gasteiger partial charge in [0.15, 0.2) is 0 Å². The minimum absolute atomic E-state index is 0. The first kappa shape index (κ1) is 28.3. The summed E-state index contributed by atoms with van der Waals surface area (Å²) in [6.45, 7) is 0. The third-order valence-corrected chi connectivity index (χ3v) is 4.06. The molecule has 0 amide bonds. The standard InChI is InChI=1S/C7H9S.C6H7S.2C5H5.2Fe/c1-8-6-7-4-2-3-5-7;7-5-6-3-1-2-4-6;2*1-2-4-5-3-1;;/h2-5H,6H2,1H3;1-4,7H,5H2;2*1-5H;;/q4*-1;2*+2. The maximum absolute atomic E-state index is 4.08. The molecule has 146 valence electrons. The van der Waals surface area contributed by atoms with E-state index in [0.717, 1.165) is 11.5 Å². The molecule has 4 aromatic rings. The summed E-state index contributed by atoms with van der Waals surface area (Å²) in [6.07, 6.45) is 2.12. The van der Waals surface area contributed by atoms with Crippen LogP contribution in [0, 0.1) is 0 Å². The Morgan fingerprint density at radius 1 is 0.667 bits per heavy atom. The Bertz CT molecular complexity index is 592. The normalized spacial score (nSPS) is 8.22. The zero-order valence-corrected chi connectivity index (χ0v) is 19.3. The average Bonchev–Trinajstić information content (AvgIpc) is 3.49. The van der Waals surface area contributed by atoms with Crippen LogP contribution in [-0.2, 0) is 45.6 Å². The summed E-state index contributed by atoms with van der Waals surface area (Å²) in [5.74, 6) is 2.00. The van der Waals surface area contributed by atoms with Gasteiger partial charge in [0.1, 0.15) is 0 Å². The van der Waals surface area contributed by atoms with E-state index in [0.29, 0.717) is 0 Å². The van der Waals surface area contributed by atoms with Crippen LogP contribution in [0.25, 0.3) is 0 Å². The first-order valence-electron chi connectivity index (χ1n) is 8.21. The van der Waals surface area contributed by atoms with E-state index >= 15 is 0 Å². The van der Waals surface area contributed by atoms with Crippen molar-refractivity contribution in [3.05, 3.63) is 120 Å². The summed E-state index contributed by atoms with van der Waals surface area (Å²) in [5, 5.41) is 0. The van der Waals surface area contributed by atoms with Gasteiger partial charge in [0.25, 0.3) is 0 Å². The molecule has 0 fully saturated rings. The maximum atomic E-state index is 4.08. The second kappa shape index (κ2) is 21.4. The van der Waals surface area contributed by atoms with E-state index < -0.39 is 0 Å². The largest absolute Gasteiger partial charge is 2.00 e. The minimum Gasteiger partial charge on any atom is -0.214 e. The molecule has 4 rings (SSSR count). The monoisotopic (exact) mass is 478 g/mol. The van der Waals surface area contributed by atoms with Gasteiger partial charge in [-0.3, -0.25) is 0 Å². The summed E-state index contributed by atoms with van der Waals surface area (Å²) in [4.78, 5) is 0. The Labute approximate surface area is 195 Å². The molecule has 27 heavy (non-hydrogen) atoms. The first-order valence-corrected chi connectivity index (χ1v) is 10.2. The molecule has 0 aliphatic carbocycles. The Hall–Kier alpha value is -0.861. The third kappa shape index (κ3) is 17.0. The number of hydrogen-bond donors (Lipinski definition) is 1. The summed E-state index contributed by atoms with van der Waals surface area (Å²) in [5.41, 5.74) is 2.72. The minimum atomic E-state index is 0. The van der Waals surface area contributed by atoms with Gasteiger partial charge in [-0.05, 0) is 17.8 Å². The van der Waals surface area contributed by atoms with Crippen molar-refractivity contribution < 1.29 is 34.1 Å². The summed E-state index contributed by atoms with van der Waals surface area (Å²) in [7, 11) is 0. The molecule has 0 heterocycles. The van der Waals surface area contributed by atoms with Gasteiger partial charge in [-0.2, -0.15) is 85.1 Å². The van der Waals surface area contributed by atoms with Gasteiger partial charge in [0, 0.05) is 0 Å². The Balaban J connectivity index is 0. The Morgan fingerprint density at radius 2 is 1.04 bits per heavy atom. The molecule has 0 saturated carbocycles. The molecular weight excluding hydrogens is 452 g/mol. The van der Waals surface area contributed by atoms with Crippen LogP contribution in [0.5, 0.6) is 0 Å². The molecule has 0 spiro atoms. The number of thiol groups is 1. The van der Waals surface area contributed by atoms with E-state index in [-0.39, 0.29) is 34.1 Å². The van der Waals surface area contributed by atoms with Crippen LogP contribution in [0.2, 0.25) is 0 Å². The zero-order chi connectivity index (χ0) is 18.0. The van der Waals surface area contributed by atoms with Crippen LogP contribution in [-0.4, -0.2) is 6.26 Å². The molecule has 0 aliphatic heterocycles. The fourth-order valence-corrected chi connectivity index (χ4v) is 2.57. The number of rotatable bonds is 3. The van der Waals surface area contributed by atoms with Gasteiger partial charge in [-0.25, -0.2) is 48.5 Å². The summed E-state index contributed by atoms with van der Waals surface area (Å²) < 4.78 is 0. The van der Waals surface area contributed by atoms with Crippen LogP contribution in [0.4, 0.5) is 0 Å². The molecule has 0 bridgehead atoms. The predicted octanol–water partition coefficient (Wildman–Crippen LogP) is 6.91. The second-order valence-electron chi connectivity index (χ2n) is 5.10. The molecule has 0 atom stereocenters. The van der Waals surface area contributed by atoms with Crippen molar-refractivity contribution in [2.24, 2.45) is 0 Å². The van der Waals surface area contributed by atoms with E-state index in [2.05, 4.69) is 55.3 Å². The van der Waals surface area contributed by atoms with Gasteiger partial charge in [-0.15, -0.1) is 11.1 Å². The Morgan fingerprint density at radius 3 is 1.26 bits per heavy atom. The van der Waals surface area contributed by atoms with Crippen LogP contribution in [0.15, 0.2) is 109 Å². The van der Waals surface area contributed by atoms with Crippen molar-refractivity contribution >= 4 is 24.4 Å². The maximum Gasteiger partial charge on any atom is 2.00 e. The van der Waals surface area contributed by atoms with Crippen molar-refractivity contribution in [1.82, 2.24) is 0 Å². The SMILES string of the molecule is CSC[c-]1cccc1.SC[c-]1cccc1.[Fe+2].[Fe+2].c1cc[cH-]c1.c1cc[cH-]c1. The predicted molar refractivity (Wildman–Crippen MR) is 118 cm³/mol. The number of hydrogen-bond acceptors (Lipinski definition) is 2. The van der Waals surface area contributed by atoms with Crippen LogP contribution < -0.4 is 0 Å². The average molecular weight is 478 g/mol. The van der Waals surface area contributed by atoms with Crippen molar-refractivity contribution in [1.29, 1.82) is 0 Å². The zero-order valence-electron chi connectivity index (χ0n) is 15.4. The molecule has 4 aromatic carbocycles. The van der Waals surface area contributed by atoms with E-state index in [1.54, 1.807) is 0 Å². The molecule has 0 nitrogen and oxygen atoms in total. The van der Waals surface area contributed by atoms with Gasteiger partial charge >= 0.3 is 34.1 Å². The summed E-state index contributed by atoms with van der Waals surface area (Å²) >= 11 is 5.94. The molecule has 0 aromatic heterocycles. The van der Waals surface area contributed by atoms with Gasteiger partial charge < -0.3 is 0 Å². The van der Waals surface area contributed by atoms with Gasteiger partial charge in [-0.1, -0.05) is 0 Å².